The van der Waals surface area contributed by atoms with Gasteiger partial charge >= 0.3 is 5.97 Å². The Labute approximate surface area is 173 Å². The van der Waals surface area contributed by atoms with Crippen molar-refractivity contribution in [3.05, 3.63) is 89.4 Å². The first kappa shape index (κ1) is 19.4. The van der Waals surface area contributed by atoms with Crippen molar-refractivity contribution in [2.24, 2.45) is 0 Å². The van der Waals surface area contributed by atoms with E-state index in [9.17, 15) is 14.4 Å². The van der Waals surface area contributed by atoms with E-state index in [0.29, 0.717) is 24.3 Å². The van der Waals surface area contributed by atoms with Crippen LogP contribution in [0.5, 0.6) is 0 Å². The highest BCUT2D eigenvalue weighted by Gasteiger charge is 2.21. The summed E-state index contributed by atoms with van der Waals surface area (Å²) in [6.07, 6.45) is 2.21. The van der Waals surface area contributed by atoms with E-state index in [1.165, 1.54) is 24.0 Å². The number of amides is 2. The van der Waals surface area contributed by atoms with Crippen LogP contribution in [-0.2, 0) is 22.5 Å². The van der Waals surface area contributed by atoms with Crippen LogP contribution >= 0.6 is 0 Å². The van der Waals surface area contributed by atoms with Crippen LogP contribution in [-0.4, -0.2) is 35.8 Å². The third kappa shape index (κ3) is 4.41. The molecule has 4 rings (SSSR count). The van der Waals surface area contributed by atoms with E-state index in [-0.39, 0.29) is 24.2 Å². The van der Waals surface area contributed by atoms with Crippen molar-refractivity contribution in [1.82, 2.24) is 4.90 Å². The maximum absolute atomic E-state index is 12.4. The van der Waals surface area contributed by atoms with Gasteiger partial charge in [-0.15, -0.1) is 0 Å². The summed E-state index contributed by atoms with van der Waals surface area (Å²) in [6.45, 7) is 0.825. The molecule has 7 nitrogen and oxygen atoms in total. The number of nitrogens with zero attached hydrogens (tertiary/aromatic N) is 1. The molecule has 0 unspecified atom stereocenters. The summed E-state index contributed by atoms with van der Waals surface area (Å²) in [5, 5.41) is 2.67. The van der Waals surface area contributed by atoms with Gasteiger partial charge in [0.25, 0.3) is 11.8 Å². The lowest BCUT2D eigenvalue weighted by atomic mass is 10.00. The minimum atomic E-state index is -0.593. The van der Waals surface area contributed by atoms with Crippen molar-refractivity contribution >= 4 is 23.5 Å². The van der Waals surface area contributed by atoms with Crippen molar-refractivity contribution in [3.63, 3.8) is 0 Å². The fourth-order valence-corrected chi connectivity index (χ4v) is 3.30. The number of nitrogens with one attached hydrogen (secondary N) is 1. The number of rotatable bonds is 5. The molecule has 0 fully saturated rings. The quantitative estimate of drug-likeness (QED) is 0.660. The third-order valence-electron chi connectivity index (χ3n) is 4.93. The summed E-state index contributed by atoms with van der Waals surface area (Å²) in [7, 11) is 0. The average Bonchev–Trinajstić information content (AvgIpc) is 3.32. The number of anilines is 1. The Kier molecular flexibility index (Phi) is 5.61. The molecule has 1 aliphatic heterocycles. The van der Waals surface area contributed by atoms with Crippen molar-refractivity contribution in [2.45, 2.75) is 13.0 Å². The number of benzene rings is 2. The molecule has 0 spiro atoms. The fraction of sp³-hybridized carbons (Fsp3) is 0.174. The van der Waals surface area contributed by atoms with Crippen molar-refractivity contribution in [3.8, 4) is 0 Å². The molecule has 7 heteroatoms. The van der Waals surface area contributed by atoms with Gasteiger partial charge in [0.1, 0.15) is 0 Å². The Bertz CT molecular complexity index is 1060. The molecule has 1 aromatic heterocycles. The number of hydrogen-bond donors (Lipinski definition) is 1. The second-order valence-corrected chi connectivity index (χ2v) is 6.92. The van der Waals surface area contributed by atoms with Gasteiger partial charge in [-0.05, 0) is 53.9 Å². The topological polar surface area (TPSA) is 88.9 Å². The molecular formula is C23H20N2O5. The molecule has 30 heavy (non-hydrogen) atoms. The highest BCUT2D eigenvalue weighted by Crippen LogP contribution is 2.19. The average molecular weight is 404 g/mol. The van der Waals surface area contributed by atoms with Crippen LogP contribution in [0.2, 0.25) is 0 Å². The highest BCUT2D eigenvalue weighted by molar-refractivity contribution is 6.02. The van der Waals surface area contributed by atoms with Gasteiger partial charge in [0.2, 0.25) is 0 Å². The summed E-state index contributed by atoms with van der Waals surface area (Å²) in [5.41, 5.74) is 3.17. The molecule has 0 bridgehead atoms. The monoisotopic (exact) mass is 404 g/mol. The van der Waals surface area contributed by atoms with E-state index >= 15 is 0 Å². The van der Waals surface area contributed by atoms with Gasteiger partial charge in [-0.2, -0.15) is 0 Å². The molecule has 152 valence electrons. The smallest absolute Gasteiger partial charge is 0.338 e. The summed E-state index contributed by atoms with van der Waals surface area (Å²) < 4.78 is 10.2. The zero-order valence-corrected chi connectivity index (χ0v) is 16.2. The number of hydrogen-bond acceptors (Lipinski definition) is 5. The summed E-state index contributed by atoms with van der Waals surface area (Å²) in [6, 6.07) is 17.4. The lowest BCUT2D eigenvalue weighted by Gasteiger charge is -2.28. The predicted molar refractivity (Wildman–Crippen MR) is 109 cm³/mol. The van der Waals surface area contributed by atoms with Crippen LogP contribution < -0.4 is 5.32 Å². The Morgan fingerprint density at radius 2 is 1.73 bits per heavy atom. The summed E-state index contributed by atoms with van der Waals surface area (Å²) in [5.74, 6) is -1.01. The minimum Gasteiger partial charge on any atom is -0.459 e. The van der Waals surface area contributed by atoms with E-state index in [0.717, 1.165) is 12.0 Å². The van der Waals surface area contributed by atoms with Gasteiger partial charge in [0, 0.05) is 18.8 Å². The van der Waals surface area contributed by atoms with Crippen LogP contribution in [0.3, 0.4) is 0 Å². The second-order valence-electron chi connectivity index (χ2n) is 6.92. The molecule has 0 aliphatic carbocycles. The Morgan fingerprint density at radius 1 is 0.967 bits per heavy atom. The molecule has 1 N–H and O–H groups in total. The number of carbonyl (C=O) groups is 3. The van der Waals surface area contributed by atoms with Crippen LogP contribution in [0.25, 0.3) is 0 Å². The van der Waals surface area contributed by atoms with Gasteiger partial charge in [-0.3, -0.25) is 9.59 Å². The molecular weight excluding hydrogens is 384 g/mol. The van der Waals surface area contributed by atoms with E-state index in [2.05, 4.69) is 11.4 Å². The van der Waals surface area contributed by atoms with Crippen LogP contribution in [0.4, 0.5) is 5.69 Å². The fourth-order valence-electron chi connectivity index (χ4n) is 3.30. The predicted octanol–water partition coefficient (Wildman–Crippen LogP) is 3.27. The lowest BCUT2D eigenvalue weighted by molar-refractivity contribution is -0.135. The van der Waals surface area contributed by atoms with Crippen molar-refractivity contribution < 1.29 is 23.5 Å². The minimum absolute atomic E-state index is 0.192. The van der Waals surface area contributed by atoms with Gasteiger partial charge < -0.3 is 19.4 Å². The Morgan fingerprint density at radius 3 is 2.47 bits per heavy atom. The SMILES string of the molecule is O=C(OCC(=O)N1CCc2ccccc2C1)c1ccc(NC(=O)c2ccco2)cc1. The van der Waals surface area contributed by atoms with Gasteiger partial charge in [0.15, 0.2) is 12.4 Å². The molecule has 0 atom stereocenters. The molecule has 0 saturated carbocycles. The summed E-state index contributed by atoms with van der Waals surface area (Å²) >= 11 is 0. The maximum Gasteiger partial charge on any atom is 0.338 e. The zero-order valence-electron chi connectivity index (χ0n) is 16.2. The Hall–Kier alpha value is -3.87. The number of esters is 1. The van der Waals surface area contributed by atoms with Crippen molar-refractivity contribution in [2.75, 3.05) is 18.5 Å². The first-order valence-electron chi connectivity index (χ1n) is 9.57. The second kappa shape index (κ2) is 8.65. The van der Waals surface area contributed by atoms with Crippen LogP contribution in [0, 0.1) is 0 Å². The standard InChI is InChI=1S/C23H20N2O5/c26-21(25-12-11-16-4-1-2-5-18(16)14-25)15-30-23(28)17-7-9-19(10-8-17)24-22(27)20-6-3-13-29-20/h1-10,13H,11-12,14-15H2,(H,24,27). The number of ether oxygens (including phenoxy) is 1. The molecule has 2 amide bonds. The third-order valence-corrected chi connectivity index (χ3v) is 4.93. The zero-order chi connectivity index (χ0) is 20.9. The molecule has 0 saturated heterocycles. The Balaban J connectivity index is 1.29. The summed E-state index contributed by atoms with van der Waals surface area (Å²) in [4.78, 5) is 38.3. The van der Waals surface area contributed by atoms with E-state index < -0.39 is 5.97 Å². The van der Waals surface area contributed by atoms with Crippen molar-refractivity contribution in [1.29, 1.82) is 0 Å². The first-order valence-corrected chi connectivity index (χ1v) is 9.57. The number of furan rings is 1. The van der Waals surface area contributed by atoms with E-state index in [1.54, 1.807) is 29.2 Å². The normalized spacial score (nSPS) is 12.7. The lowest BCUT2D eigenvalue weighted by Crippen LogP contribution is -2.38. The van der Waals surface area contributed by atoms with E-state index in [4.69, 9.17) is 9.15 Å². The first-order chi connectivity index (χ1) is 14.6. The number of fused-ring (bicyclic) bond motifs is 1. The maximum atomic E-state index is 12.4. The van der Waals surface area contributed by atoms with E-state index in [1.807, 2.05) is 18.2 Å². The molecule has 2 aromatic carbocycles. The molecule has 0 radical (unpaired) electrons. The van der Waals surface area contributed by atoms with Crippen LogP contribution in [0.1, 0.15) is 32.0 Å². The van der Waals surface area contributed by atoms with Gasteiger partial charge in [0.05, 0.1) is 11.8 Å². The molecule has 3 aromatic rings. The van der Waals surface area contributed by atoms with Gasteiger partial charge in [-0.25, -0.2) is 4.79 Å². The highest BCUT2D eigenvalue weighted by atomic mass is 16.5. The van der Waals surface area contributed by atoms with Crippen LogP contribution in [0.15, 0.2) is 71.3 Å². The molecule has 1 aliphatic rings. The molecule has 2 heterocycles. The largest absolute Gasteiger partial charge is 0.459 e. The number of carbonyl (C=O) groups excluding carboxylic acids is 3. The van der Waals surface area contributed by atoms with Gasteiger partial charge in [-0.1, -0.05) is 24.3 Å².